The molecule has 1 saturated heterocycles. The van der Waals surface area contributed by atoms with Gasteiger partial charge in [-0.05, 0) is 12.8 Å². The Kier molecular flexibility index (Phi) is 3.07. The molecule has 2 aliphatic rings. The standard InChI is InChI=1S/C10H16N4O/c11-3-4-13-5-7-14(8-6-13)10(15)12-9-1-2-9/h9H,1-2,4-8H2,(H,12,15). The van der Waals surface area contributed by atoms with Crippen LogP contribution >= 0.6 is 0 Å². The SMILES string of the molecule is N#CCN1CCN(C(=O)NC2CC2)CC1. The van der Waals surface area contributed by atoms with E-state index in [0.29, 0.717) is 12.6 Å². The van der Waals surface area contributed by atoms with Gasteiger partial charge < -0.3 is 10.2 Å². The van der Waals surface area contributed by atoms with Crippen LogP contribution in [0.4, 0.5) is 4.79 Å². The molecule has 0 unspecified atom stereocenters. The lowest BCUT2D eigenvalue weighted by Crippen LogP contribution is -2.52. The number of nitrogens with one attached hydrogen (secondary N) is 1. The minimum absolute atomic E-state index is 0.0640. The fourth-order valence-electron chi connectivity index (χ4n) is 1.70. The lowest BCUT2D eigenvalue weighted by Gasteiger charge is -2.33. The average Bonchev–Trinajstić information content (AvgIpc) is 3.03. The number of urea groups is 1. The first kappa shape index (κ1) is 10.2. The maximum atomic E-state index is 11.6. The van der Waals surface area contributed by atoms with E-state index in [4.69, 9.17) is 5.26 Å². The van der Waals surface area contributed by atoms with Crippen molar-refractivity contribution in [2.45, 2.75) is 18.9 Å². The zero-order valence-corrected chi connectivity index (χ0v) is 8.78. The van der Waals surface area contributed by atoms with Gasteiger partial charge in [-0.1, -0.05) is 0 Å². The van der Waals surface area contributed by atoms with Crippen molar-refractivity contribution in [2.75, 3.05) is 32.7 Å². The molecule has 5 nitrogen and oxygen atoms in total. The topological polar surface area (TPSA) is 59.4 Å². The predicted octanol–water partition coefficient (Wildman–Crippen LogP) is -0.000420. The molecule has 0 atom stereocenters. The molecule has 0 radical (unpaired) electrons. The molecule has 1 saturated carbocycles. The van der Waals surface area contributed by atoms with E-state index in [1.54, 1.807) is 0 Å². The zero-order chi connectivity index (χ0) is 10.7. The summed E-state index contributed by atoms with van der Waals surface area (Å²) in [6.45, 7) is 3.57. The quantitative estimate of drug-likeness (QED) is 0.650. The van der Waals surface area contributed by atoms with Crippen molar-refractivity contribution in [3.8, 4) is 6.07 Å². The van der Waals surface area contributed by atoms with Crippen LogP contribution in [0.15, 0.2) is 0 Å². The van der Waals surface area contributed by atoms with Crippen molar-refractivity contribution >= 4 is 6.03 Å². The van der Waals surface area contributed by atoms with E-state index in [1.807, 2.05) is 4.90 Å². The Labute approximate surface area is 89.6 Å². The molecule has 1 aliphatic heterocycles. The molecule has 1 N–H and O–H groups in total. The van der Waals surface area contributed by atoms with Gasteiger partial charge in [0, 0.05) is 32.2 Å². The van der Waals surface area contributed by atoms with E-state index in [9.17, 15) is 4.79 Å². The number of amides is 2. The largest absolute Gasteiger partial charge is 0.335 e. The van der Waals surface area contributed by atoms with E-state index in [1.165, 1.54) is 0 Å². The molecule has 0 aromatic heterocycles. The van der Waals surface area contributed by atoms with Crippen molar-refractivity contribution in [1.82, 2.24) is 15.1 Å². The molecule has 2 amide bonds. The van der Waals surface area contributed by atoms with Crippen molar-refractivity contribution in [2.24, 2.45) is 0 Å². The molecule has 0 aromatic carbocycles. The summed E-state index contributed by atoms with van der Waals surface area (Å²) in [4.78, 5) is 15.6. The first-order valence-electron chi connectivity index (χ1n) is 5.44. The van der Waals surface area contributed by atoms with Crippen LogP contribution in [0.1, 0.15) is 12.8 Å². The van der Waals surface area contributed by atoms with Crippen LogP contribution in [0.2, 0.25) is 0 Å². The summed E-state index contributed by atoms with van der Waals surface area (Å²) in [5.41, 5.74) is 0. The van der Waals surface area contributed by atoms with Crippen molar-refractivity contribution in [3.05, 3.63) is 0 Å². The molecule has 0 aromatic rings. The fraction of sp³-hybridized carbons (Fsp3) is 0.800. The molecule has 82 valence electrons. The van der Waals surface area contributed by atoms with Gasteiger partial charge >= 0.3 is 6.03 Å². The smallest absolute Gasteiger partial charge is 0.317 e. The normalized spacial score (nSPS) is 22.2. The molecule has 0 spiro atoms. The molecular weight excluding hydrogens is 192 g/mol. The number of carbonyl (C=O) groups is 1. The maximum absolute atomic E-state index is 11.6. The van der Waals surface area contributed by atoms with Gasteiger partial charge in [0.15, 0.2) is 0 Å². The number of carbonyl (C=O) groups excluding carboxylic acids is 1. The predicted molar refractivity (Wildman–Crippen MR) is 55.2 cm³/mol. The van der Waals surface area contributed by atoms with Crippen molar-refractivity contribution in [1.29, 1.82) is 5.26 Å². The number of rotatable bonds is 2. The molecule has 2 fully saturated rings. The Morgan fingerprint density at radius 1 is 1.33 bits per heavy atom. The summed E-state index contributed by atoms with van der Waals surface area (Å²) in [5.74, 6) is 0. The monoisotopic (exact) mass is 208 g/mol. The third-order valence-electron chi connectivity index (χ3n) is 2.86. The maximum Gasteiger partial charge on any atom is 0.317 e. The second kappa shape index (κ2) is 4.49. The third kappa shape index (κ3) is 2.83. The van der Waals surface area contributed by atoms with Gasteiger partial charge in [-0.15, -0.1) is 0 Å². The van der Waals surface area contributed by atoms with Gasteiger partial charge in [-0.3, -0.25) is 4.90 Å². The van der Waals surface area contributed by atoms with Gasteiger partial charge in [0.05, 0.1) is 12.6 Å². The molecule has 0 bridgehead atoms. The van der Waals surface area contributed by atoms with Crippen molar-refractivity contribution in [3.63, 3.8) is 0 Å². The third-order valence-corrected chi connectivity index (χ3v) is 2.86. The number of nitriles is 1. The van der Waals surface area contributed by atoms with Crippen LogP contribution < -0.4 is 5.32 Å². The van der Waals surface area contributed by atoms with Crippen LogP contribution in [-0.2, 0) is 0 Å². The first-order chi connectivity index (χ1) is 7.29. The Balaban J connectivity index is 1.72. The van der Waals surface area contributed by atoms with E-state index < -0.39 is 0 Å². The highest BCUT2D eigenvalue weighted by Crippen LogP contribution is 2.19. The van der Waals surface area contributed by atoms with E-state index in [-0.39, 0.29) is 6.03 Å². The molecule has 1 heterocycles. The summed E-state index contributed by atoms with van der Waals surface area (Å²) in [6.07, 6.45) is 2.25. The molecule has 15 heavy (non-hydrogen) atoms. The van der Waals surface area contributed by atoms with Gasteiger partial charge in [0.25, 0.3) is 0 Å². The summed E-state index contributed by atoms with van der Waals surface area (Å²) in [6, 6.07) is 2.62. The second-order valence-electron chi connectivity index (χ2n) is 4.15. The second-order valence-corrected chi connectivity index (χ2v) is 4.15. The minimum atomic E-state index is 0.0640. The van der Waals surface area contributed by atoms with Gasteiger partial charge in [-0.25, -0.2) is 4.79 Å². The Morgan fingerprint density at radius 2 is 2.00 bits per heavy atom. The van der Waals surface area contributed by atoms with E-state index in [0.717, 1.165) is 39.0 Å². The van der Waals surface area contributed by atoms with Gasteiger partial charge in [0.1, 0.15) is 0 Å². The molecule has 2 rings (SSSR count). The first-order valence-corrected chi connectivity index (χ1v) is 5.44. The fourth-order valence-corrected chi connectivity index (χ4v) is 1.70. The van der Waals surface area contributed by atoms with Gasteiger partial charge in [-0.2, -0.15) is 5.26 Å². The highest BCUT2D eigenvalue weighted by Gasteiger charge is 2.27. The number of hydrogen-bond donors (Lipinski definition) is 1. The van der Waals surface area contributed by atoms with Crippen LogP contribution in [0.25, 0.3) is 0 Å². The molecule has 5 heteroatoms. The molecule has 1 aliphatic carbocycles. The highest BCUT2D eigenvalue weighted by atomic mass is 16.2. The van der Waals surface area contributed by atoms with Crippen molar-refractivity contribution < 1.29 is 4.79 Å². The average molecular weight is 208 g/mol. The van der Waals surface area contributed by atoms with Crippen LogP contribution in [-0.4, -0.2) is 54.6 Å². The highest BCUT2D eigenvalue weighted by molar-refractivity contribution is 5.75. The minimum Gasteiger partial charge on any atom is -0.335 e. The van der Waals surface area contributed by atoms with E-state index in [2.05, 4.69) is 16.3 Å². The van der Waals surface area contributed by atoms with E-state index >= 15 is 0 Å². The summed E-state index contributed by atoms with van der Waals surface area (Å²) >= 11 is 0. The summed E-state index contributed by atoms with van der Waals surface area (Å²) in [7, 11) is 0. The number of piperazine rings is 1. The zero-order valence-electron chi connectivity index (χ0n) is 8.78. The van der Waals surface area contributed by atoms with Crippen LogP contribution in [0.5, 0.6) is 0 Å². The Bertz CT molecular complexity index is 274. The summed E-state index contributed by atoms with van der Waals surface area (Å²) < 4.78 is 0. The van der Waals surface area contributed by atoms with Gasteiger partial charge in [0.2, 0.25) is 0 Å². The number of nitrogens with zero attached hydrogens (tertiary/aromatic N) is 3. The molecular formula is C10H16N4O. The Morgan fingerprint density at radius 3 is 2.53 bits per heavy atom. The Hall–Kier alpha value is -1.28. The number of hydrogen-bond acceptors (Lipinski definition) is 3. The lowest BCUT2D eigenvalue weighted by molar-refractivity contribution is 0.147. The lowest BCUT2D eigenvalue weighted by atomic mass is 10.3. The van der Waals surface area contributed by atoms with Crippen LogP contribution in [0, 0.1) is 11.3 Å². The summed E-state index contributed by atoms with van der Waals surface area (Å²) in [5, 5.41) is 11.5. The van der Waals surface area contributed by atoms with Crippen LogP contribution in [0.3, 0.4) is 0 Å².